The number of carbonyl (C=O) groups excluding carboxylic acids is 1. The highest BCUT2D eigenvalue weighted by atomic mass is 127. The van der Waals surface area contributed by atoms with Gasteiger partial charge in [0.2, 0.25) is 0 Å². The Labute approximate surface area is 113 Å². The van der Waals surface area contributed by atoms with Crippen LogP contribution < -0.4 is 0 Å². The molecule has 4 nitrogen and oxygen atoms in total. The summed E-state index contributed by atoms with van der Waals surface area (Å²) in [4.78, 5) is 20.7. The van der Waals surface area contributed by atoms with E-state index in [1.165, 1.54) is 40.8 Å². The van der Waals surface area contributed by atoms with Crippen molar-refractivity contribution in [2.75, 3.05) is 0 Å². The topological polar surface area (TPSA) is 60.2 Å². The number of allylic oxidation sites excluding steroid dienone is 1. The van der Waals surface area contributed by atoms with Crippen LogP contribution in [0.3, 0.4) is 0 Å². The number of non-ortho nitro benzene ring substituents is 1. The molecule has 1 rings (SSSR count). The third-order valence-corrected chi connectivity index (χ3v) is 2.65. The molecular formula is C10H5F3INO3. The number of alkyl halides is 3. The van der Waals surface area contributed by atoms with Gasteiger partial charge in [-0.25, -0.2) is 0 Å². The minimum Gasteiger partial charge on any atom is -0.283 e. The fraction of sp³-hybridized carbons (Fsp3) is 0.100. The first-order valence-corrected chi connectivity index (χ1v) is 5.53. The number of rotatable bonds is 3. The van der Waals surface area contributed by atoms with E-state index in [2.05, 4.69) is 0 Å². The number of hydrogen-bond donors (Lipinski definition) is 0. The van der Waals surface area contributed by atoms with E-state index in [9.17, 15) is 28.1 Å². The molecule has 0 aliphatic heterocycles. The standard InChI is InChI=1S/C10H5F3INO3/c11-10(12,13)9(16)8(14)5-6-2-1-3-7(4-6)15(17)18/h1-5H/b8-5-. The molecule has 0 radical (unpaired) electrons. The molecule has 96 valence electrons. The van der Waals surface area contributed by atoms with Gasteiger partial charge in [-0.3, -0.25) is 14.9 Å². The summed E-state index contributed by atoms with van der Waals surface area (Å²) in [5, 5.41) is 10.5. The number of nitro groups is 1. The maximum absolute atomic E-state index is 12.1. The highest BCUT2D eigenvalue weighted by Gasteiger charge is 2.39. The second kappa shape index (κ2) is 5.46. The van der Waals surface area contributed by atoms with Gasteiger partial charge in [-0.2, -0.15) is 13.2 Å². The smallest absolute Gasteiger partial charge is 0.283 e. The molecule has 0 aliphatic rings. The van der Waals surface area contributed by atoms with Gasteiger partial charge in [0.1, 0.15) is 0 Å². The van der Waals surface area contributed by atoms with Crippen molar-refractivity contribution < 1.29 is 22.9 Å². The molecule has 0 saturated heterocycles. The summed E-state index contributed by atoms with van der Waals surface area (Å²) < 4.78 is 35.8. The van der Waals surface area contributed by atoms with Gasteiger partial charge in [-0.1, -0.05) is 12.1 Å². The molecule has 0 saturated carbocycles. The Morgan fingerprint density at radius 2 is 2.00 bits per heavy atom. The van der Waals surface area contributed by atoms with Crippen molar-refractivity contribution in [3.05, 3.63) is 43.5 Å². The van der Waals surface area contributed by atoms with E-state index < -0.39 is 20.5 Å². The molecule has 8 heteroatoms. The van der Waals surface area contributed by atoms with E-state index in [1.54, 1.807) is 0 Å². The van der Waals surface area contributed by atoms with Gasteiger partial charge in [0.25, 0.3) is 11.5 Å². The van der Waals surface area contributed by atoms with E-state index in [-0.39, 0.29) is 11.3 Å². The van der Waals surface area contributed by atoms with Gasteiger partial charge in [0.15, 0.2) is 0 Å². The number of hydrogen-bond acceptors (Lipinski definition) is 3. The number of ketones is 1. The van der Waals surface area contributed by atoms with Gasteiger partial charge in [-0.05, 0) is 34.2 Å². The van der Waals surface area contributed by atoms with Crippen molar-refractivity contribution in [2.24, 2.45) is 0 Å². The largest absolute Gasteiger partial charge is 0.455 e. The van der Waals surface area contributed by atoms with Gasteiger partial charge in [0.05, 0.1) is 8.50 Å². The molecule has 0 unspecified atom stereocenters. The molecule has 1 aromatic rings. The minimum atomic E-state index is -4.95. The van der Waals surface area contributed by atoms with Crippen LogP contribution in [0.25, 0.3) is 6.08 Å². The van der Waals surface area contributed by atoms with Gasteiger partial charge in [-0.15, -0.1) is 0 Å². The molecule has 0 atom stereocenters. The van der Waals surface area contributed by atoms with Crippen molar-refractivity contribution in [2.45, 2.75) is 6.18 Å². The first-order valence-electron chi connectivity index (χ1n) is 4.45. The first-order chi connectivity index (χ1) is 8.21. The number of carbonyl (C=O) groups is 1. The second-order valence-corrected chi connectivity index (χ2v) is 4.33. The van der Waals surface area contributed by atoms with Gasteiger partial charge >= 0.3 is 6.18 Å². The molecule has 0 aromatic heterocycles. The lowest BCUT2D eigenvalue weighted by molar-refractivity contribution is -0.384. The van der Waals surface area contributed by atoms with Crippen LogP contribution in [0.15, 0.2) is 27.8 Å². The lowest BCUT2D eigenvalue weighted by atomic mass is 10.1. The highest BCUT2D eigenvalue weighted by Crippen LogP contribution is 2.26. The Bertz CT molecular complexity index is 525. The minimum absolute atomic E-state index is 0.159. The van der Waals surface area contributed by atoms with Crippen LogP contribution in [0.5, 0.6) is 0 Å². The summed E-state index contributed by atoms with van der Waals surface area (Å²) in [6, 6.07) is 4.99. The molecule has 0 aliphatic carbocycles. The quantitative estimate of drug-likeness (QED) is 0.354. The van der Waals surface area contributed by atoms with E-state index in [1.807, 2.05) is 0 Å². The average molecular weight is 371 g/mol. The average Bonchev–Trinajstić information content (AvgIpc) is 2.27. The van der Waals surface area contributed by atoms with E-state index in [4.69, 9.17) is 0 Å². The molecular weight excluding hydrogens is 366 g/mol. The summed E-state index contributed by atoms with van der Waals surface area (Å²) in [5.41, 5.74) is -0.0985. The predicted molar refractivity (Wildman–Crippen MR) is 66.2 cm³/mol. The Kier molecular flexibility index (Phi) is 4.43. The SMILES string of the molecule is O=C(/C(I)=C/c1cccc([N+](=O)[O-])c1)C(F)(F)F. The van der Waals surface area contributed by atoms with Crippen molar-refractivity contribution in [3.8, 4) is 0 Å². The van der Waals surface area contributed by atoms with Crippen LogP contribution in [0, 0.1) is 10.1 Å². The summed E-state index contributed by atoms with van der Waals surface area (Å²) in [5.74, 6) is -1.98. The fourth-order valence-corrected chi connectivity index (χ4v) is 1.74. The lowest BCUT2D eigenvalue weighted by Crippen LogP contribution is -2.22. The number of halogens is 4. The van der Waals surface area contributed by atoms with E-state index >= 15 is 0 Å². The first kappa shape index (κ1) is 14.6. The monoisotopic (exact) mass is 371 g/mol. The Hall–Kier alpha value is -1.45. The zero-order valence-corrected chi connectivity index (χ0v) is 10.7. The summed E-state index contributed by atoms with van der Waals surface area (Å²) >= 11 is 1.25. The Morgan fingerprint density at radius 3 is 2.50 bits per heavy atom. The van der Waals surface area contributed by atoms with Crippen LogP contribution in [0.4, 0.5) is 18.9 Å². The zero-order valence-electron chi connectivity index (χ0n) is 8.57. The fourth-order valence-electron chi connectivity index (χ4n) is 1.08. The highest BCUT2D eigenvalue weighted by molar-refractivity contribution is 14.1. The molecule has 1 aromatic carbocycles. The summed E-state index contributed by atoms with van der Waals surface area (Å²) in [7, 11) is 0. The molecule has 0 heterocycles. The lowest BCUT2D eigenvalue weighted by Gasteiger charge is -2.03. The van der Waals surface area contributed by atoms with Crippen LogP contribution in [-0.4, -0.2) is 16.9 Å². The van der Waals surface area contributed by atoms with Gasteiger partial charge in [0, 0.05) is 12.1 Å². The van der Waals surface area contributed by atoms with E-state index in [0.717, 1.165) is 12.1 Å². The van der Waals surface area contributed by atoms with Crippen LogP contribution in [0.1, 0.15) is 5.56 Å². The zero-order chi connectivity index (χ0) is 13.9. The third-order valence-electron chi connectivity index (χ3n) is 1.85. The van der Waals surface area contributed by atoms with Crippen LogP contribution in [0.2, 0.25) is 0 Å². The van der Waals surface area contributed by atoms with Crippen molar-refractivity contribution in [1.29, 1.82) is 0 Å². The van der Waals surface area contributed by atoms with E-state index in [0.29, 0.717) is 0 Å². The van der Waals surface area contributed by atoms with Crippen LogP contribution >= 0.6 is 22.6 Å². The molecule has 0 spiro atoms. The van der Waals surface area contributed by atoms with Crippen molar-refractivity contribution in [1.82, 2.24) is 0 Å². The van der Waals surface area contributed by atoms with Crippen molar-refractivity contribution >= 4 is 40.1 Å². The number of nitrogens with zero attached hydrogens (tertiary/aromatic N) is 1. The van der Waals surface area contributed by atoms with Crippen LogP contribution in [-0.2, 0) is 4.79 Å². The third kappa shape index (κ3) is 3.79. The molecule has 18 heavy (non-hydrogen) atoms. The number of Topliss-reactive ketones (excluding diaryl/α,β-unsaturated/α-hetero) is 1. The van der Waals surface area contributed by atoms with Gasteiger partial charge < -0.3 is 0 Å². The molecule has 0 amide bonds. The second-order valence-electron chi connectivity index (χ2n) is 3.17. The maximum Gasteiger partial charge on any atom is 0.455 e. The number of benzene rings is 1. The summed E-state index contributed by atoms with van der Waals surface area (Å²) in [6.45, 7) is 0. The normalized spacial score (nSPS) is 12.3. The van der Waals surface area contributed by atoms with Crippen molar-refractivity contribution in [3.63, 3.8) is 0 Å². The molecule has 0 fully saturated rings. The predicted octanol–water partition coefficient (Wildman–Crippen LogP) is 3.50. The molecule has 0 N–H and O–H groups in total. The maximum atomic E-state index is 12.1. The Balaban J connectivity index is 3.06. The number of nitro benzene ring substituents is 1. The molecule has 0 bridgehead atoms. The Morgan fingerprint density at radius 1 is 1.39 bits per heavy atom. The summed E-state index contributed by atoms with van der Waals surface area (Å²) in [6.07, 6.45) is -4.00.